The van der Waals surface area contributed by atoms with Crippen molar-refractivity contribution in [3.8, 4) is 11.8 Å². The van der Waals surface area contributed by atoms with Crippen LogP contribution in [-0.2, 0) is 11.8 Å². The molecule has 0 saturated heterocycles. The standard InChI is InChI=1S/C17H13ClFNO/c18-14-6-5-12(9-15(14)19)10-17(11-20)7-8-21-16-4-2-1-3-13(16)17/h1-6,9H,7-8,10H2. The van der Waals surface area contributed by atoms with E-state index in [0.717, 1.165) is 16.9 Å². The molecule has 1 unspecified atom stereocenters. The van der Waals surface area contributed by atoms with E-state index in [4.69, 9.17) is 16.3 Å². The van der Waals surface area contributed by atoms with Crippen molar-refractivity contribution in [2.24, 2.45) is 0 Å². The van der Waals surface area contributed by atoms with Gasteiger partial charge in [0.2, 0.25) is 0 Å². The minimum absolute atomic E-state index is 0.0946. The first-order valence-electron chi connectivity index (χ1n) is 6.72. The molecule has 3 rings (SSSR count). The molecule has 0 bridgehead atoms. The average Bonchev–Trinajstić information content (AvgIpc) is 2.51. The van der Waals surface area contributed by atoms with Crippen molar-refractivity contribution in [3.05, 3.63) is 64.4 Å². The Morgan fingerprint density at radius 2 is 2.10 bits per heavy atom. The van der Waals surface area contributed by atoms with Crippen molar-refractivity contribution in [3.63, 3.8) is 0 Å². The maximum atomic E-state index is 13.6. The second-order valence-corrected chi connectivity index (χ2v) is 5.62. The highest BCUT2D eigenvalue weighted by Gasteiger charge is 2.38. The monoisotopic (exact) mass is 301 g/mol. The van der Waals surface area contributed by atoms with Gasteiger partial charge in [0.25, 0.3) is 0 Å². The largest absolute Gasteiger partial charge is 0.493 e. The van der Waals surface area contributed by atoms with E-state index in [-0.39, 0.29) is 5.02 Å². The lowest BCUT2D eigenvalue weighted by Gasteiger charge is -2.33. The van der Waals surface area contributed by atoms with Gasteiger partial charge in [0.15, 0.2) is 0 Å². The van der Waals surface area contributed by atoms with Crippen LogP contribution in [0, 0.1) is 17.1 Å². The van der Waals surface area contributed by atoms with Gasteiger partial charge in [-0.05, 0) is 30.2 Å². The lowest BCUT2D eigenvalue weighted by Crippen LogP contribution is -2.33. The number of ether oxygens (including phenoxy) is 1. The summed E-state index contributed by atoms with van der Waals surface area (Å²) in [6.07, 6.45) is 1.03. The first-order chi connectivity index (χ1) is 10.1. The summed E-state index contributed by atoms with van der Waals surface area (Å²) in [6.45, 7) is 0.487. The molecule has 2 aromatic carbocycles. The molecule has 1 aliphatic rings. The third kappa shape index (κ3) is 2.48. The van der Waals surface area contributed by atoms with Crippen molar-refractivity contribution in [2.45, 2.75) is 18.3 Å². The van der Waals surface area contributed by atoms with Crippen molar-refractivity contribution in [1.29, 1.82) is 5.26 Å². The maximum Gasteiger partial charge on any atom is 0.142 e. The lowest BCUT2D eigenvalue weighted by molar-refractivity contribution is 0.241. The van der Waals surface area contributed by atoms with E-state index in [2.05, 4.69) is 6.07 Å². The number of nitrogens with zero attached hydrogens (tertiary/aromatic N) is 1. The fourth-order valence-electron chi connectivity index (χ4n) is 2.80. The van der Waals surface area contributed by atoms with E-state index < -0.39 is 11.2 Å². The van der Waals surface area contributed by atoms with Gasteiger partial charge in [-0.2, -0.15) is 5.26 Å². The summed E-state index contributed by atoms with van der Waals surface area (Å²) >= 11 is 5.71. The summed E-state index contributed by atoms with van der Waals surface area (Å²) in [5, 5.41) is 9.84. The zero-order chi connectivity index (χ0) is 14.9. The van der Waals surface area contributed by atoms with Gasteiger partial charge >= 0.3 is 0 Å². The summed E-state index contributed by atoms with van der Waals surface area (Å²) < 4.78 is 19.2. The second kappa shape index (κ2) is 5.38. The number of benzene rings is 2. The molecular weight excluding hydrogens is 289 g/mol. The normalized spacial score (nSPS) is 20.2. The van der Waals surface area contributed by atoms with Crippen LogP contribution in [0.5, 0.6) is 5.75 Å². The minimum Gasteiger partial charge on any atom is -0.493 e. The zero-order valence-corrected chi connectivity index (χ0v) is 12.0. The number of rotatable bonds is 2. The molecule has 0 amide bonds. The van der Waals surface area contributed by atoms with Gasteiger partial charge in [-0.15, -0.1) is 0 Å². The van der Waals surface area contributed by atoms with Gasteiger partial charge < -0.3 is 4.74 Å². The number of nitriles is 1. The lowest BCUT2D eigenvalue weighted by atomic mass is 9.73. The van der Waals surface area contributed by atoms with Gasteiger partial charge in [0.1, 0.15) is 11.6 Å². The summed E-state index contributed by atoms with van der Waals surface area (Å²) in [5.74, 6) is 0.280. The third-order valence-electron chi connectivity index (χ3n) is 3.89. The minimum atomic E-state index is -0.685. The summed E-state index contributed by atoms with van der Waals surface area (Å²) in [4.78, 5) is 0. The van der Waals surface area contributed by atoms with Crippen LogP contribution in [-0.4, -0.2) is 6.61 Å². The van der Waals surface area contributed by atoms with E-state index >= 15 is 0 Å². The number of hydrogen-bond acceptors (Lipinski definition) is 2. The number of fused-ring (bicyclic) bond motifs is 1. The third-order valence-corrected chi connectivity index (χ3v) is 4.20. The van der Waals surface area contributed by atoms with E-state index in [9.17, 15) is 9.65 Å². The molecule has 2 nitrogen and oxygen atoms in total. The Morgan fingerprint density at radius 3 is 2.86 bits per heavy atom. The quantitative estimate of drug-likeness (QED) is 0.830. The molecular formula is C17H13ClFNO. The Hall–Kier alpha value is -2.05. The molecule has 1 atom stereocenters. The van der Waals surface area contributed by atoms with E-state index in [1.54, 1.807) is 6.07 Å². The van der Waals surface area contributed by atoms with Crippen LogP contribution in [0.25, 0.3) is 0 Å². The number of halogens is 2. The predicted molar refractivity (Wildman–Crippen MR) is 79.0 cm³/mol. The Kier molecular flexibility index (Phi) is 3.57. The Balaban J connectivity index is 2.02. The van der Waals surface area contributed by atoms with Crippen LogP contribution >= 0.6 is 11.6 Å². The number of hydrogen-bond donors (Lipinski definition) is 0. The molecule has 0 saturated carbocycles. The molecule has 0 aromatic heterocycles. The number of para-hydroxylation sites is 1. The Labute approximate surface area is 127 Å². The molecule has 4 heteroatoms. The van der Waals surface area contributed by atoms with Crippen LogP contribution < -0.4 is 4.74 Å². The first kappa shape index (κ1) is 13.9. The molecule has 0 aliphatic carbocycles. The van der Waals surface area contributed by atoms with E-state index in [1.165, 1.54) is 12.1 Å². The zero-order valence-electron chi connectivity index (χ0n) is 11.3. The van der Waals surface area contributed by atoms with Crippen molar-refractivity contribution < 1.29 is 9.13 Å². The van der Waals surface area contributed by atoms with E-state index in [1.807, 2.05) is 24.3 Å². The van der Waals surface area contributed by atoms with Crippen LogP contribution in [0.1, 0.15) is 17.5 Å². The fraction of sp³-hybridized carbons (Fsp3) is 0.235. The SMILES string of the molecule is N#CC1(Cc2ccc(Cl)c(F)c2)CCOc2ccccc21. The van der Waals surface area contributed by atoms with Crippen molar-refractivity contribution in [1.82, 2.24) is 0 Å². The molecule has 0 N–H and O–H groups in total. The Morgan fingerprint density at radius 1 is 1.29 bits per heavy atom. The smallest absolute Gasteiger partial charge is 0.142 e. The molecule has 1 aliphatic heterocycles. The van der Waals surface area contributed by atoms with Gasteiger partial charge in [0.05, 0.1) is 23.1 Å². The van der Waals surface area contributed by atoms with Crippen LogP contribution in [0.15, 0.2) is 42.5 Å². The van der Waals surface area contributed by atoms with Crippen LogP contribution in [0.4, 0.5) is 4.39 Å². The summed E-state index contributed by atoms with van der Waals surface area (Å²) in [5.41, 5.74) is 0.944. The van der Waals surface area contributed by atoms with Crippen LogP contribution in [0.3, 0.4) is 0 Å². The van der Waals surface area contributed by atoms with Crippen LogP contribution in [0.2, 0.25) is 5.02 Å². The molecule has 0 fully saturated rings. The first-order valence-corrected chi connectivity index (χ1v) is 7.10. The highest BCUT2D eigenvalue weighted by molar-refractivity contribution is 6.30. The van der Waals surface area contributed by atoms with Gasteiger partial charge in [-0.25, -0.2) is 4.39 Å². The molecule has 1 heterocycles. The average molecular weight is 302 g/mol. The molecule has 106 valence electrons. The van der Waals surface area contributed by atoms with Crippen molar-refractivity contribution >= 4 is 11.6 Å². The molecule has 2 aromatic rings. The Bertz CT molecular complexity index is 725. The van der Waals surface area contributed by atoms with E-state index in [0.29, 0.717) is 19.4 Å². The molecule has 0 radical (unpaired) electrons. The van der Waals surface area contributed by atoms with Crippen molar-refractivity contribution in [2.75, 3.05) is 6.61 Å². The fourth-order valence-corrected chi connectivity index (χ4v) is 2.91. The maximum absolute atomic E-state index is 13.6. The molecule has 21 heavy (non-hydrogen) atoms. The van der Waals surface area contributed by atoms with Gasteiger partial charge in [0, 0.05) is 12.0 Å². The summed E-state index contributed by atoms with van der Waals surface area (Å²) in [7, 11) is 0. The highest BCUT2D eigenvalue weighted by atomic mass is 35.5. The second-order valence-electron chi connectivity index (χ2n) is 5.21. The topological polar surface area (TPSA) is 33.0 Å². The summed E-state index contributed by atoms with van der Waals surface area (Å²) in [6, 6.07) is 14.7. The molecule has 0 spiro atoms. The predicted octanol–water partition coefficient (Wildman–Crippen LogP) is 4.27. The van der Waals surface area contributed by atoms with Gasteiger partial charge in [-0.1, -0.05) is 35.9 Å². The highest BCUT2D eigenvalue weighted by Crippen LogP contribution is 2.40. The van der Waals surface area contributed by atoms with Gasteiger partial charge in [-0.3, -0.25) is 0 Å².